The summed E-state index contributed by atoms with van der Waals surface area (Å²) in [5.74, 6) is 0.167. The Hall–Kier alpha value is -2.72. The zero-order valence-corrected chi connectivity index (χ0v) is 16.2. The van der Waals surface area contributed by atoms with E-state index in [9.17, 15) is 9.90 Å². The van der Waals surface area contributed by atoms with Crippen molar-refractivity contribution in [1.82, 2.24) is 4.98 Å². The minimum absolute atomic E-state index is 0.0100. The SMILES string of the molecule is CC1(C)CC(=O)C(c2sc(-c3ccccc3)nc2-c2ccccc2)=C(O)C1. The highest BCUT2D eigenvalue weighted by Gasteiger charge is 2.36. The smallest absolute Gasteiger partial charge is 0.168 e. The largest absolute Gasteiger partial charge is 0.511 e. The van der Waals surface area contributed by atoms with Gasteiger partial charge in [0.15, 0.2) is 5.78 Å². The number of aliphatic hydroxyl groups is 1. The molecule has 4 rings (SSSR count). The number of Topliss-reactive ketones (excluding diaryl/α,β-unsaturated/α-hetero) is 1. The molecule has 4 heteroatoms. The van der Waals surface area contributed by atoms with Crippen molar-refractivity contribution in [2.45, 2.75) is 26.7 Å². The van der Waals surface area contributed by atoms with E-state index in [1.165, 1.54) is 11.3 Å². The number of allylic oxidation sites excluding steroid dienone is 2. The average molecular weight is 375 g/mol. The third kappa shape index (κ3) is 3.45. The molecule has 2 aromatic carbocycles. The number of benzene rings is 2. The van der Waals surface area contributed by atoms with Gasteiger partial charge in [0.05, 0.1) is 16.1 Å². The van der Waals surface area contributed by atoms with E-state index in [0.29, 0.717) is 18.4 Å². The fraction of sp³-hybridized carbons (Fsp3) is 0.217. The predicted octanol–water partition coefficient (Wildman–Crippen LogP) is 6.14. The average Bonchev–Trinajstić information content (AvgIpc) is 3.06. The molecule has 0 unspecified atom stereocenters. The van der Waals surface area contributed by atoms with Crippen LogP contribution < -0.4 is 0 Å². The number of carbonyl (C=O) groups is 1. The Labute approximate surface area is 163 Å². The summed E-state index contributed by atoms with van der Waals surface area (Å²) in [5.41, 5.74) is 2.94. The van der Waals surface area contributed by atoms with Crippen LogP contribution in [0, 0.1) is 5.41 Å². The molecule has 3 nitrogen and oxygen atoms in total. The van der Waals surface area contributed by atoms with E-state index in [4.69, 9.17) is 4.98 Å². The van der Waals surface area contributed by atoms with Gasteiger partial charge in [-0.15, -0.1) is 11.3 Å². The minimum Gasteiger partial charge on any atom is -0.511 e. The lowest BCUT2D eigenvalue weighted by atomic mass is 9.76. The van der Waals surface area contributed by atoms with Crippen molar-refractivity contribution in [2.24, 2.45) is 5.41 Å². The molecule has 0 saturated carbocycles. The summed E-state index contributed by atoms with van der Waals surface area (Å²) in [5, 5.41) is 11.6. The Kier molecular flexibility index (Phi) is 4.44. The molecule has 0 amide bonds. The molecule has 0 radical (unpaired) electrons. The third-order valence-electron chi connectivity index (χ3n) is 4.77. The summed E-state index contributed by atoms with van der Waals surface area (Å²) in [6.45, 7) is 4.02. The van der Waals surface area contributed by atoms with Crippen LogP contribution in [0.4, 0.5) is 0 Å². The first kappa shape index (κ1) is 17.7. The van der Waals surface area contributed by atoms with E-state index in [2.05, 4.69) is 0 Å². The van der Waals surface area contributed by atoms with Gasteiger partial charge in [0.2, 0.25) is 0 Å². The van der Waals surface area contributed by atoms with Crippen molar-refractivity contribution in [3.63, 3.8) is 0 Å². The normalized spacial score (nSPS) is 16.6. The fourth-order valence-corrected chi connectivity index (χ4v) is 4.71. The maximum atomic E-state index is 12.9. The molecule has 3 aromatic rings. The number of hydrogen-bond donors (Lipinski definition) is 1. The maximum Gasteiger partial charge on any atom is 0.168 e. The van der Waals surface area contributed by atoms with Gasteiger partial charge in [-0.05, 0) is 5.41 Å². The Balaban J connectivity index is 1.92. The van der Waals surface area contributed by atoms with Crippen LogP contribution in [0.5, 0.6) is 0 Å². The number of ketones is 1. The van der Waals surface area contributed by atoms with Crippen molar-refractivity contribution in [3.8, 4) is 21.8 Å². The molecule has 1 aromatic heterocycles. The van der Waals surface area contributed by atoms with Crippen LogP contribution in [-0.4, -0.2) is 15.9 Å². The fourth-order valence-electron chi connectivity index (χ4n) is 3.53. The van der Waals surface area contributed by atoms with Gasteiger partial charge in [0.25, 0.3) is 0 Å². The molecule has 1 aliphatic rings. The summed E-state index contributed by atoms with van der Waals surface area (Å²) >= 11 is 1.47. The molecule has 1 aliphatic carbocycles. The number of rotatable bonds is 3. The second kappa shape index (κ2) is 6.78. The quantitative estimate of drug-likeness (QED) is 0.598. The van der Waals surface area contributed by atoms with Crippen molar-refractivity contribution < 1.29 is 9.90 Å². The minimum atomic E-state index is -0.218. The molecule has 0 saturated heterocycles. The number of thiazole rings is 1. The van der Waals surface area contributed by atoms with Crippen LogP contribution in [0.1, 0.15) is 31.6 Å². The summed E-state index contributed by atoms with van der Waals surface area (Å²) in [7, 11) is 0. The van der Waals surface area contributed by atoms with E-state index >= 15 is 0 Å². The number of carbonyl (C=O) groups excluding carboxylic acids is 1. The highest BCUT2D eigenvalue weighted by molar-refractivity contribution is 7.17. The molecule has 0 fully saturated rings. The van der Waals surface area contributed by atoms with Gasteiger partial charge < -0.3 is 5.11 Å². The maximum absolute atomic E-state index is 12.9. The van der Waals surface area contributed by atoms with Crippen molar-refractivity contribution in [1.29, 1.82) is 0 Å². The monoisotopic (exact) mass is 375 g/mol. The van der Waals surface area contributed by atoms with Gasteiger partial charge in [0, 0.05) is 24.0 Å². The molecule has 136 valence electrons. The molecule has 1 heterocycles. The van der Waals surface area contributed by atoms with Gasteiger partial charge in [0.1, 0.15) is 10.8 Å². The lowest BCUT2D eigenvalue weighted by molar-refractivity contribution is -0.116. The number of hydrogen-bond acceptors (Lipinski definition) is 4. The van der Waals surface area contributed by atoms with Crippen LogP contribution in [0.15, 0.2) is 66.4 Å². The molecule has 27 heavy (non-hydrogen) atoms. The zero-order chi connectivity index (χ0) is 19.0. The Morgan fingerprint density at radius 3 is 2.11 bits per heavy atom. The summed E-state index contributed by atoms with van der Waals surface area (Å²) in [6, 6.07) is 19.8. The van der Waals surface area contributed by atoms with Crippen LogP contribution in [0.2, 0.25) is 0 Å². The standard InChI is InChI=1S/C23H21NO2S/c1-23(2)13-17(25)19(18(26)14-23)21-20(15-9-5-3-6-10-15)24-22(27-21)16-11-7-4-8-12-16/h3-12,25H,13-14H2,1-2H3. The van der Waals surface area contributed by atoms with E-state index in [0.717, 1.165) is 26.7 Å². The topological polar surface area (TPSA) is 50.2 Å². The van der Waals surface area contributed by atoms with Crippen LogP contribution in [-0.2, 0) is 4.79 Å². The van der Waals surface area contributed by atoms with Crippen LogP contribution in [0.3, 0.4) is 0 Å². The first-order chi connectivity index (χ1) is 12.9. The lowest BCUT2D eigenvalue weighted by Crippen LogP contribution is -2.25. The highest BCUT2D eigenvalue weighted by Crippen LogP contribution is 2.45. The first-order valence-electron chi connectivity index (χ1n) is 9.02. The second-order valence-electron chi connectivity index (χ2n) is 7.69. The van der Waals surface area contributed by atoms with Gasteiger partial charge in [-0.2, -0.15) is 0 Å². The highest BCUT2D eigenvalue weighted by atomic mass is 32.1. The van der Waals surface area contributed by atoms with Gasteiger partial charge >= 0.3 is 0 Å². The van der Waals surface area contributed by atoms with Gasteiger partial charge in [-0.25, -0.2) is 4.98 Å². The van der Waals surface area contributed by atoms with Crippen molar-refractivity contribution in [3.05, 3.63) is 71.3 Å². The summed E-state index contributed by atoms with van der Waals surface area (Å²) < 4.78 is 0. The second-order valence-corrected chi connectivity index (χ2v) is 8.69. The number of aliphatic hydroxyl groups excluding tert-OH is 1. The molecule has 1 N–H and O–H groups in total. The van der Waals surface area contributed by atoms with Crippen LogP contribution >= 0.6 is 11.3 Å². The Bertz CT molecular complexity index is 1020. The summed E-state index contributed by atoms with van der Waals surface area (Å²) in [6.07, 6.45) is 0.931. The molecule has 0 atom stereocenters. The number of aromatic nitrogens is 1. The molecule has 0 aliphatic heterocycles. The predicted molar refractivity (Wildman–Crippen MR) is 111 cm³/mol. The van der Waals surface area contributed by atoms with Gasteiger partial charge in [-0.3, -0.25) is 4.79 Å². The van der Waals surface area contributed by atoms with Crippen molar-refractivity contribution in [2.75, 3.05) is 0 Å². The van der Waals surface area contributed by atoms with Crippen molar-refractivity contribution >= 4 is 22.7 Å². The zero-order valence-electron chi connectivity index (χ0n) is 15.4. The third-order valence-corrected chi connectivity index (χ3v) is 5.90. The van der Waals surface area contributed by atoms with E-state index < -0.39 is 0 Å². The van der Waals surface area contributed by atoms with E-state index in [1.54, 1.807) is 0 Å². The van der Waals surface area contributed by atoms with Crippen LogP contribution in [0.25, 0.3) is 27.4 Å². The molecular formula is C23H21NO2S. The molecule has 0 spiro atoms. The van der Waals surface area contributed by atoms with E-state index in [1.807, 2.05) is 74.5 Å². The van der Waals surface area contributed by atoms with E-state index in [-0.39, 0.29) is 17.0 Å². The molecular weight excluding hydrogens is 354 g/mol. The summed E-state index contributed by atoms with van der Waals surface area (Å²) in [4.78, 5) is 18.5. The molecule has 0 bridgehead atoms. The lowest BCUT2D eigenvalue weighted by Gasteiger charge is -2.29. The first-order valence-corrected chi connectivity index (χ1v) is 9.84. The Morgan fingerprint density at radius 1 is 0.926 bits per heavy atom. The number of nitrogens with zero attached hydrogens (tertiary/aromatic N) is 1. The Morgan fingerprint density at radius 2 is 1.52 bits per heavy atom. The van der Waals surface area contributed by atoms with Gasteiger partial charge in [-0.1, -0.05) is 74.5 Å².